The molecule has 0 aromatic carbocycles. The van der Waals surface area contributed by atoms with Crippen molar-refractivity contribution in [3.8, 4) is 0 Å². The Morgan fingerprint density at radius 3 is 0.824 bits per heavy atom. The summed E-state index contributed by atoms with van der Waals surface area (Å²) in [5, 5.41) is 0. The van der Waals surface area contributed by atoms with Crippen LogP contribution in [0.5, 0.6) is 0 Å². The van der Waals surface area contributed by atoms with E-state index in [4.69, 9.17) is 14.2 Å². The zero-order chi connectivity index (χ0) is 53.6. The smallest absolute Gasteiger partial charge is 0.306 e. The highest BCUT2D eigenvalue weighted by atomic mass is 16.6. The molecule has 0 radical (unpaired) electrons. The Hall–Kier alpha value is -3.41. The van der Waals surface area contributed by atoms with Crippen molar-refractivity contribution in [3.05, 3.63) is 85.1 Å². The number of unbranched alkanes of at least 4 members (excludes halogenated alkanes) is 32. The molecule has 0 amide bonds. The number of ether oxygens (including phenoxy) is 3. The summed E-state index contributed by atoms with van der Waals surface area (Å²) in [6.07, 6.45) is 82.1. The fraction of sp³-hybridized carbons (Fsp3) is 0.750. The Labute approximate surface area is 458 Å². The van der Waals surface area contributed by atoms with Crippen molar-refractivity contribution in [2.75, 3.05) is 13.2 Å². The van der Waals surface area contributed by atoms with Gasteiger partial charge >= 0.3 is 17.9 Å². The van der Waals surface area contributed by atoms with Crippen LogP contribution in [0.1, 0.15) is 310 Å². The molecule has 74 heavy (non-hydrogen) atoms. The number of hydrogen-bond acceptors (Lipinski definition) is 6. The van der Waals surface area contributed by atoms with Crippen LogP contribution in [0.2, 0.25) is 0 Å². The van der Waals surface area contributed by atoms with Gasteiger partial charge in [0.15, 0.2) is 6.10 Å². The van der Waals surface area contributed by atoms with Crippen LogP contribution < -0.4 is 0 Å². The van der Waals surface area contributed by atoms with Gasteiger partial charge in [0, 0.05) is 19.3 Å². The molecule has 0 aliphatic rings. The second-order valence-electron chi connectivity index (χ2n) is 21.0. The van der Waals surface area contributed by atoms with Crippen molar-refractivity contribution >= 4 is 17.9 Å². The van der Waals surface area contributed by atoms with Gasteiger partial charge in [-0.25, -0.2) is 0 Å². The van der Waals surface area contributed by atoms with Crippen LogP contribution in [-0.4, -0.2) is 37.2 Å². The number of esters is 3. The summed E-state index contributed by atoms with van der Waals surface area (Å²) in [7, 11) is 0. The highest BCUT2D eigenvalue weighted by Gasteiger charge is 2.19. The minimum Gasteiger partial charge on any atom is -0.462 e. The Morgan fingerprint density at radius 2 is 0.527 bits per heavy atom. The molecule has 6 heteroatoms. The van der Waals surface area contributed by atoms with Crippen LogP contribution in [0, 0.1) is 0 Å². The first-order valence-electron chi connectivity index (χ1n) is 31.6. The van der Waals surface area contributed by atoms with Crippen molar-refractivity contribution in [3.63, 3.8) is 0 Å². The first-order chi connectivity index (χ1) is 36.5. The lowest BCUT2D eigenvalue weighted by Crippen LogP contribution is -2.30. The molecule has 0 aliphatic carbocycles. The van der Waals surface area contributed by atoms with Gasteiger partial charge in [-0.2, -0.15) is 0 Å². The van der Waals surface area contributed by atoms with Gasteiger partial charge in [-0.1, -0.05) is 298 Å². The predicted molar refractivity (Wildman–Crippen MR) is 321 cm³/mol. The van der Waals surface area contributed by atoms with E-state index in [-0.39, 0.29) is 31.1 Å². The second kappa shape index (κ2) is 62.1. The second-order valence-corrected chi connectivity index (χ2v) is 21.0. The molecule has 0 fully saturated rings. The zero-order valence-corrected chi connectivity index (χ0v) is 48.8. The lowest BCUT2D eigenvalue weighted by atomic mass is 10.0. The third-order valence-electron chi connectivity index (χ3n) is 13.7. The fourth-order valence-corrected chi connectivity index (χ4v) is 8.95. The number of allylic oxidation sites excluding steroid dienone is 14. The van der Waals surface area contributed by atoms with E-state index in [0.717, 1.165) is 116 Å². The lowest BCUT2D eigenvalue weighted by Gasteiger charge is -2.18. The maximum atomic E-state index is 12.8. The summed E-state index contributed by atoms with van der Waals surface area (Å²) in [5.41, 5.74) is 0. The van der Waals surface area contributed by atoms with E-state index in [2.05, 4.69) is 106 Å². The van der Waals surface area contributed by atoms with Gasteiger partial charge in [0.25, 0.3) is 0 Å². The molecule has 6 nitrogen and oxygen atoms in total. The van der Waals surface area contributed by atoms with Crippen molar-refractivity contribution in [2.24, 2.45) is 0 Å². The third-order valence-corrected chi connectivity index (χ3v) is 13.7. The molecule has 1 unspecified atom stereocenters. The maximum absolute atomic E-state index is 12.8. The van der Waals surface area contributed by atoms with Crippen LogP contribution in [0.25, 0.3) is 0 Å². The summed E-state index contributed by atoms with van der Waals surface area (Å²) >= 11 is 0. The Kier molecular flexibility index (Phi) is 59.3. The highest BCUT2D eigenvalue weighted by molar-refractivity contribution is 5.71. The molecule has 426 valence electrons. The van der Waals surface area contributed by atoms with E-state index in [9.17, 15) is 14.4 Å². The van der Waals surface area contributed by atoms with Gasteiger partial charge in [0.05, 0.1) is 0 Å². The van der Waals surface area contributed by atoms with Gasteiger partial charge < -0.3 is 14.2 Å². The lowest BCUT2D eigenvalue weighted by molar-refractivity contribution is -0.167. The molecule has 0 spiro atoms. The van der Waals surface area contributed by atoms with E-state index in [0.29, 0.717) is 19.3 Å². The van der Waals surface area contributed by atoms with Crippen molar-refractivity contribution in [1.82, 2.24) is 0 Å². The van der Waals surface area contributed by atoms with Gasteiger partial charge in [-0.3, -0.25) is 14.4 Å². The molecule has 0 aromatic rings. The first-order valence-corrected chi connectivity index (χ1v) is 31.6. The molecule has 0 rings (SSSR count). The minimum atomic E-state index is -0.776. The van der Waals surface area contributed by atoms with E-state index in [1.165, 1.54) is 154 Å². The van der Waals surface area contributed by atoms with Crippen LogP contribution in [0.4, 0.5) is 0 Å². The Balaban J connectivity index is 4.07. The van der Waals surface area contributed by atoms with Gasteiger partial charge in [0.1, 0.15) is 13.2 Å². The summed E-state index contributed by atoms with van der Waals surface area (Å²) in [5.74, 6) is -0.891. The van der Waals surface area contributed by atoms with Crippen LogP contribution >= 0.6 is 0 Å². The van der Waals surface area contributed by atoms with E-state index < -0.39 is 6.10 Å². The molecular weight excluding hydrogens is 913 g/mol. The molecule has 0 heterocycles. The monoisotopic (exact) mass is 1030 g/mol. The quantitative estimate of drug-likeness (QED) is 0.0261. The Bertz CT molecular complexity index is 1420. The van der Waals surface area contributed by atoms with Crippen LogP contribution in [-0.2, 0) is 28.6 Å². The molecule has 0 saturated heterocycles. The molecule has 0 aliphatic heterocycles. The number of hydrogen-bond donors (Lipinski definition) is 0. The largest absolute Gasteiger partial charge is 0.462 e. The van der Waals surface area contributed by atoms with Gasteiger partial charge in [0.2, 0.25) is 0 Å². The molecule has 0 N–H and O–H groups in total. The molecule has 0 saturated carbocycles. The first kappa shape index (κ1) is 70.6. The number of rotatable bonds is 57. The average molecular weight is 1030 g/mol. The standard InChI is InChI=1S/C68H118O6/c1-4-7-10-13-15-17-19-21-23-25-27-29-31-32-33-34-35-36-37-39-40-42-44-46-48-50-52-55-58-61-67(70)73-64-65(63-72-66(69)60-57-54-12-9-6-3)74-68(71)62-59-56-53-51-49-47-45-43-41-38-30-28-26-24-22-20-18-16-14-11-8-5-2/h7,10,15,17,21,23,27,29,32-33,35-36,39-40,65H,4-6,8-9,11-14,16,18-20,22,24-26,28,30-31,34,37-38,41-64H2,1-3H3/b10-7-,17-15-,23-21-,29-27-,33-32-,36-35-,40-39-. The van der Waals surface area contributed by atoms with E-state index in [1.807, 2.05) is 0 Å². The topological polar surface area (TPSA) is 78.9 Å². The molecular formula is C68H118O6. The molecule has 0 aromatic heterocycles. The molecule has 0 bridgehead atoms. The third kappa shape index (κ3) is 59.5. The Morgan fingerprint density at radius 1 is 0.284 bits per heavy atom. The van der Waals surface area contributed by atoms with E-state index >= 15 is 0 Å². The van der Waals surface area contributed by atoms with Crippen molar-refractivity contribution in [2.45, 2.75) is 316 Å². The predicted octanol–water partition coefficient (Wildman–Crippen LogP) is 21.5. The van der Waals surface area contributed by atoms with Crippen molar-refractivity contribution < 1.29 is 28.6 Å². The minimum absolute atomic E-state index is 0.0779. The summed E-state index contributed by atoms with van der Waals surface area (Å²) < 4.78 is 16.8. The molecule has 1 atom stereocenters. The number of carbonyl (C=O) groups excluding carboxylic acids is 3. The maximum Gasteiger partial charge on any atom is 0.306 e. The highest BCUT2D eigenvalue weighted by Crippen LogP contribution is 2.17. The van der Waals surface area contributed by atoms with Crippen molar-refractivity contribution in [1.29, 1.82) is 0 Å². The fourth-order valence-electron chi connectivity index (χ4n) is 8.95. The summed E-state index contributed by atoms with van der Waals surface area (Å²) in [6.45, 7) is 6.47. The van der Waals surface area contributed by atoms with Crippen LogP contribution in [0.3, 0.4) is 0 Å². The summed E-state index contributed by atoms with van der Waals surface area (Å²) in [6, 6.07) is 0. The SMILES string of the molecule is CC/C=C\C/C=C\C/C=C\C/C=C\C/C=C\C/C=C\C/C=C\CCCCCCCCCC(=O)OCC(COC(=O)CCCCCCC)OC(=O)CCCCCCCCCCCCCCCCCCCCCCCC. The zero-order valence-electron chi connectivity index (χ0n) is 48.8. The van der Waals surface area contributed by atoms with E-state index in [1.54, 1.807) is 0 Å². The van der Waals surface area contributed by atoms with Gasteiger partial charge in [-0.15, -0.1) is 0 Å². The summed E-state index contributed by atoms with van der Waals surface area (Å²) in [4.78, 5) is 37.9. The number of carbonyl (C=O) groups is 3. The normalized spacial score (nSPS) is 12.6. The van der Waals surface area contributed by atoms with Gasteiger partial charge in [-0.05, 0) is 77.0 Å². The van der Waals surface area contributed by atoms with Crippen LogP contribution in [0.15, 0.2) is 85.1 Å². The average Bonchev–Trinajstić information content (AvgIpc) is 3.40.